The average Bonchev–Trinajstić information content (AvgIpc) is 2.26. The van der Waals surface area contributed by atoms with Crippen LogP contribution in [-0.4, -0.2) is 36.1 Å². The molecule has 0 spiro atoms. The molecule has 2 unspecified atom stereocenters. The summed E-state index contributed by atoms with van der Waals surface area (Å²) >= 11 is 0. The highest BCUT2D eigenvalue weighted by molar-refractivity contribution is 5.87. The van der Waals surface area contributed by atoms with Crippen LogP contribution in [0.1, 0.15) is 33.6 Å². The number of amides is 2. The van der Waals surface area contributed by atoms with Crippen LogP contribution in [0.15, 0.2) is 0 Å². The minimum Gasteiger partial charge on any atom is -0.354 e. The summed E-state index contributed by atoms with van der Waals surface area (Å²) in [5, 5.41) is 4.64. The number of carbonyl (C=O) groups is 2. The zero-order valence-electron chi connectivity index (χ0n) is 11.2. The molecule has 5 nitrogen and oxygen atoms in total. The predicted octanol–water partition coefficient (Wildman–Crippen LogP) is 0.687. The summed E-state index contributed by atoms with van der Waals surface area (Å²) in [5.74, 6) is -1.68. The van der Waals surface area contributed by atoms with E-state index >= 15 is 0 Å². The lowest BCUT2D eigenvalue weighted by molar-refractivity contribution is -0.187. The Kier molecular flexibility index (Phi) is 6.28. The van der Waals surface area contributed by atoms with Gasteiger partial charge >= 0.3 is 6.18 Å². The van der Waals surface area contributed by atoms with Crippen LogP contribution < -0.4 is 16.4 Å². The second kappa shape index (κ2) is 6.74. The molecule has 0 aromatic rings. The third kappa shape index (κ3) is 5.46. The summed E-state index contributed by atoms with van der Waals surface area (Å²) in [6.45, 7) is 4.08. The first-order valence-corrected chi connectivity index (χ1v) is 5.95. The molecule has 0 aromatic carbocycles. The van der Waals surface area contributed by atoms with Crippen LogP contribution in [0, 0.1) is 0 Å². The number of carbonyl (C=O) groups excluding carboxylic acids is 2. The summed E-state index contributed by atoms with van der Waals surface area (Å²) in [6, 6.07) is -0.0156. The number of alkyl halides is 3. The Bertz CT molecular complexity index is 330. The van der Waals surface area contributed by atoms with Crippen LogP contribution in [0.2, 0.25) is 0 Å². The van der Waals surface area contributed by atoms with Crippen LogP contribution in [0.25, 0.3) is 0 Å². The van der Waals surface area contributed by atoms with Gasteiger partial charge in [-0.15, -0.1) is 0 Å². The van der Waals surface area contributed by atoms with E-state index < -0.39 is 17.6 Å². The van der Waals surface area contributed by atoms with Crippen LogP contribution in [0.4, 0.5) is 13.2 Å². The van der Waals surface area contributed by atoms with Crippen molar-refractivity contribution in [2.24, 2.45) is 5.73 Å². The lowest BCUT2D eigenvalue weighted by Gasteiger charge is -2.26. The Morgan fingerprint density at radius 3 is 2.26 bits per heavy atom. The fourth-order valence-corrected chi connectivity index (χ4v) is 1.05. The molecule has 0 aromatic heterocycles. The highest BCUT2D eigenvalue weighted by atomic mass is 19.4. The number of rotatable bonds is 6. The molecule has 0 saturated heterocycles. The standard InChI is InChI=1S/C11H20F3N3O2/c1-4-7(2)17-8(18)5-6-16-9(19)10(3,15)11(12,13)14/h7H,4-6,15H2,1-3H3,(H,16,19)(H,17,18). The summed E-state index contributed by atoms with van der Waals surface area (Å²) in [6.07, 6.45) is -4.19. The van der Waals surface area contributed by atoms with Gasteiger partial charge in [-0.2, -0.15) is 13.2 Å². The minimum absolute atomic E-state index is 0.0156. The van der Waals surface area contributed by atoms with Crippen molar-refractivity contribution in [1.29, 1.82) is 0 Å². The molecule has 0 aliphatic rings. The van der Waals surface area contributed by atoms with Crippen molar-refractivity contribution in [1.82, 2.24) is 10.6 Å². The van der Waals surface area contributed by atoms with Gasteiger partial charge in [0.05, 0.1) is 0 Å². The van der Waals surface area contributed by atoms with Crippen molar-refractivity contribution < 1.29 is 22.8 Å². The molecule has 0 rings (SSSR count). The Hall–Kier alpha value is -1.31. The Morgan fingerprint density at radius 2 is 1.84 bits per heavy atom. The lowest BCUT2D eigenvalue weighted by Crippen LogP contribution is -2.61. The van der Waals surface area contributed by atoms with Crippen LogP contribution in [0.3, 0.4) is 0 Å². The van der Waals surface area contributed by atoms with E-state index in [0.717, 1.165) is 6.42 Å². The Morgan fingerprint density at radius 1 is 1.32 bits per heavy atom. The average molecular weight is 283 g/mol. The lowest BCUT2D eigenvalue weighted by atomic mass is 10.0. The molecule has 2 atom stereocenters. The molecule has 0 radical (unpaired) electrons. The fourth-order valence-electron chi connectivity index (χ4n) is 1.05. The molecule has 112 valence electrons. The van der Waals surface area contributed by atoms with E-state index in [2.05, 4.69) is 5.32 Å². The third-order valence-corrected chi connectivity index (χ3v) is 2.72. The second-order valence-electron chi connectivity index (χ2n) is 4.58. The van der Waals surface area contributed by atoms with E-state index in [4.69, 9.17) is 5.73 Å². The maximum atomic E-state index is 12.4. The van der Waals surface area contributed by atoms with E-state index in [0.29, 0.717) is 6.92 Å². The molecule has 0 aliphatic heterocycles. The molecule has 0 saturated carbocycles. The number of hydrogen-bond donors (Lipinski definition) is 3. The van der Waals surface area contributed by atoms with Crippen molar-refractivity contribution >= 4 is 11.8 Å². The maximum Gasteiger partial charge on any atom is 0.415 e. The largest absolute Gasteiger partial charge is 0.415 e. The van der Waals surface area contributed by atoms with Gasteiger partial charge in [-0.25, -0.2) is 0 Å². The Balaban J connectivity index is 4.16. The normalized spacial score (nSPS) is 16.4. The van der Waals surface area contributed by atoms with E-state index in [1.54, 1.807) is 6.92 Å². The van der Waals surface area contributed by atoms with E-state index in [1.165, 1.54) is 0 Å². The summed E-state index contributed by atoms with van der Waals surface area (Å²) in [5.41, 5.74) is 1.96. The van der Waals surface area contributed by atoms with Crippen molar-refractivity contribution in [2.45, 2.75) is 51.4 Å². The molecule has 0 bridgehead atoms. The van der Waals surface area contributed by atoms with Gasteiger partial charge in [-0.1, -0.05) is 6.92 Å². The maximum absolute atomic E-state index is 12.4. The molecule has 0 aliphatic carbocycles. The SMILES string of the molecule is CCC(C)NC(=O)CCNC(=O)C(C)(N)C(F)(F)F. The fraction of sp³-hybridized carbons (Fsp3) is 0.818. The molecular weight excluding hydrogens is 263 g/mol. The van der Waals surface area contributed by atoms with Crippen molar-refractivity contribution in [2.75, 3.05) is 6.54 Å². The third-order valence-electron chi connectivity index (χ3n) is 2.72. The first-order chi connectivity index (χ1) is 8.52. The van der Waals surface area contributed by atoms with Crippen molar-refractivity contribution in [3.8, 4) is 0 Å². The van der Waals surface area contributed by atoms with E-state index in [1.807, 2.05) is 12.2 Å². The van der Waals surface area contributed by atoms with Crippen LogP contribution in [0.5, 0.6) is 0 Å². The summed E-state index contributed by atoms with van der Waals surface area (Å²) in [7, 11) is 0. The first-order valence-electron chi connectivity index (χ1n) is 5.95. The molecule has 4 N–H and O–H groups in total. The number of hydrogen-bond acceptors (Lipinski definition) is 3. The molecular formula is C11H20F3N3O2. The van der Waals surface area contributed by atoms with Crippen LogP contribution >= 0.6 is 0 Å². The molecule has 2 amide bonds. The highest BCUT2D eigenvalue weighted by Gasteiger charge is 2.53. The van der Waals surface area contributed by atoms with Gasteiger partial charge in [0, 0.05) is 19.0 Å². The van der Waals surface area contributed by atoms with Gasteiger partial charge < -0.3 is 16.4 Å². The highest BCUT2D eigenvalue weighted by Crippen LogP contribution is 2.27. The zero-order valence-corrected chi connectivity index (χ0v) is 11.2. The molecule has 0 fully saturated rings. The van der Waals surface area contributed by atoms with Gasteiger partial charge in [0.1, 0.15) is 0 Å². The Labute approximate surface area is 110 Å². The number of nitrogens with one attached hydrogen (secondary N) is 2. The monoisotopic (exact) mass is 283 g/mol. The number of halogens is 3. The first kappa shape index (κ1) is 17.7. The van der Waals surface area contributed by atoms with E-state index in [-0.39, 0.29) is 24.9 Å². The molecule has 19 heavy (non-hydrogen) atoms. The molecule has 8 heteroatoms. The quantitative estimate of drug-likeness (QED) is 0.670. The predicted molar refractivity (Wildman–Crippen MR) is 64.2 cm³/mol. The van der Waals surface area contributed by atoms with Gasteiger partial charge in [-0.3, -0.25) is 9.59 Å². The topological polar surface area (TPSA) is 84.2 Å². The van der Waals surface area contributed by atoms with Crippen molar-refractivity contribution in [3.05, 3.63) is 0 Å². The van der Waals surface area contributed by atoms with Gasteiger partial charge in [0.25, 0.3) is 0 Å². The minimum atomic E-state index is -4.84. The summed E-state index contributed by atoms with van der Waals surface area (Å²) < 4.78 is 37.3. The molecule has 0 heterocycles. The zero-order chi connectivity index (χ0) is 15.3. The van der Waals surface area contributed by atoms with Gasteiger partial charge in [0.2, 0.25) is 11.8 Å². The van der Waals surface area contributed by atoms with Gasteiger partial charge in [0.15, 0.2) is 5.54 Å². The number of nitrogens with two attached hydrogens (primary N) is 1. The van der Waals surface area contributed by atoms with Crippen LogP contribution in [-0.2, 0) is 9.59 Å². The summed E-state index contributed by atoms with van der Waals surface area (Å²) in [4.78, 5) is 22.6. The van der Waals surface area contributed by atoms with Gasteiger partial charge in [-0.05, 0) is 20.3 Å². The second-order valence-corrected chi connectivity index (χ2v) is 4.58. The van der Waals surface area contributed by atoms with E-state index in [9.17, 15) is 22.8 Å². The van der Waals surface area contributed by atoms with Crippen molar-refractivity contribution in [3.63, 3.8) is 0 Å². The smallest absolute Gasteiger partial charge is 0.354 e.